The predicted molar refractivity (Wildman–Crippen MR) is 87.7 cm³/mol. The lowest BCUT2D eigenvalue weighted by atomic mass is 10.1. The van der Waals surface area contributed by atoms with Crippen LogP contribution in [0, 0.1) is 0 Å². The normalized spacial score (nSPS) is 12.5. The molecule has 20 heavy (non-hydrogen) atoms. The number of aromatic nitrogens is 2. The highest BCUT2D eigenvalue weighted by atomic mass is 32.2. The second-order valence-electron chi connectivity index (χ2n) is 4.52. The summed E-state index contributed by atoms with van der Waals surface area (Å²) in [6, 6.07) is 10.6. The van der Waals surface area contributed by atoms with E-state index in [0.717, 1.165) is 15.5 Å². The van der Waals surface area contributed by atoms with Gasteiger partial charge in [-0.25, -0.2) is 4.98 Å². The van der Waals surface area contributed by atoms with Crippen molar-refractivity contribution in [1.29, 1.82) is 0 Å². The molecule has 3 rings (SSSR count). The third-order valence-electron chi connectivity index (χ3n) is 3.11. The molecule has 3 nitrogen and oxygen atoms in total. The van der Waals surface area contributed by atoms with Crippen molar-refractivity contribution in [1.82, 2.24) is 9.97 Å². The van der Waals surface area contributed by atoms with Crippen molar-refractivity contribution < 1.29 is 0 Å². The minimum atomic E-state index is 0.231. The van der Waals surface area contributed by atoms with E-state index in [1.165, 1.54) is 10.3 Å². The summed E-state index contributed by atoms with van der Waals surface area (Å²) in [6.45, 7) is 2.14. The van der Waals surface area contributed by atoms with Crippen LogP contribution in [0.5, 0.6) is 0 Å². The van der Waals surface area contributed by atoms with E-state index in [4.69, 9.17) is 0 Å². The number of nitrogens with zero attached hydrogens (tertiary/aromatic N) is 2. The van der Waals surface area contributed by atoms with Crippen molar-refractivity contribution in [2.24, 2.45) is 0 Å². The van der Waals surface area contributed by atoms with Crippen LogP contribution >= 0.6 is 23.1 Å². The van der Waals surface area contributed by atoms with Gasteiger partial charge in [0.2, 0.25) is 0 Å². The number of benzene rings is 1. The van der Waals surface area contributed by atoms with Gasteiger partial charge in [0.25, 0.3) is 0 Å². The largest absolute Gasteiger partial charge is 0.378 e. The molecule has 0 amide bonds. The Kier molecular flexibility index (Phi) is 3.89. The van der Waals surface area contributed by atoms with Crippen molar-refractivity contribution in [2.45, 2.75) is 17.3 Å². The smallest absolute Gasteiger partial charge is 0.150 e. The summed E-state index contributed by atoms with van der Waals surface area (Å²) < 4.78 is 2.33. The van der Waals surface area contributed by atoms with E-state index in [2.05, 4.69) is 52.7 Å². The molecule has 0 aliphatic heterocycles. The minimum Gasteiger partial charge on any atom is -0.378 e. The maximum atomic E-state index is 4.55. The zero-order valence-corrected chi connectivity index (χ0v) is 13.0. The van der Waals surface area contributed by atoms with E-state index in [1.807, 2.05) is 12.3 Å². The quantitative estimate of drug-likeness (QED) is 0.715. The average molecular weight is 301 g/mol. The lowest BCUT2D eigenvalue weighted by Gasteiger charge is -2.15. The van der Waals surface area contributed by atoms with E-state index >= 15 is 0 Å². The molecule has 2 aromatic heterocycles. The Labute approximate surface area is 126 Å². The average Bonchev–Trinajstić information content (AvgIpc) is 2.90. The van der Waals surface area contributed by atoms with Gasteiger partial charge < -0.3 is 5.32 Å². The molecule has 1 aromatic carbocycles. The summed E-state index contributed by atoms with van der Waals surface area (Å²) >= 11 is 3.42. The molecule has 1 N–H and O–H groups in total. The Hall–Kier alpha value is -1.59. The molecule has 0 spiro atoms. The third-order valence-corrected chi connectivity index (χ3v) is 5.11. The number of thiazole rings is 1. The molecular formula is C15H15N3S2. The van der Waals surface area contributed by atoms with E-state index in [-0.39, 0.29) is 6.04 Å². The van der Waals surface area contributed by atoms with Crippen LogP contribution in [0.15, 0.2) is 47.1 Å². The van der Waals surface area contributed by atoms with Gasteiger partial charge in [0.15, 0.2) is 4.34 Å². The summed E-state index contributed by atoms with van der Waals surface area (Å²) in [7, 11) is 0. The minimum absolute atomic E-state index is 0.231. The number of fused-ring (bicyclic) bond motifs is 1. The lowest BCUT2D eigenvalue weighted by molar-refractivity contribution is 0.876. The maximum absolute atomic E-state index is 4.55. The van der Waals surface area contributed by atoms with Gasteiger partial charge in [-0.05, 0) is 43.0 Å². The van der Waals surface area contributed by atoms with Crippen molar-refractivity contribution in [3.63, 3.8) is 0 Å². The summed E-state index contributed by atoms with van der Waals surface area (Å²) in [5, 5.41) is 3.51. The van der Waals surface area contributed by atoms with Crippen molar-refractivity contribution >= 4 is 39.0 Å². The van der Waals surface area contributed by atoms with Gasteiger partial charge in [0.05, 0.1) is 16.3 Å². The first-order chi connectivity index (χ1) is 9.76. The second kappa shape index (κ2) is 5.81. The zero-order chi connectivity index (χ0) is 13.9. The summed E-state index contributed by atoms with van der Waals surface area (Å²) in [4.78, 5) is 8.71. The Morgan fingerprint density at radius 2 is 2.20 bits per heavy atom. The molecular weight excluding hydrogens is 286 g/mol. The van der Waals surface area contributed by atoms with Crippen LogP contribution in [0.3, 0.4) is 0 Å². The van der Waals surface area contributed by atoms with Gasteiger partial charge in [-0.1, -0.05) is 17.8 Å². The molecule has 102 valence electrons. The molecule has 1 atom stereocenters. The van der Waals surface area contributed by atoms with E-state index in [0.29, 0.717) is 0 Å². The van der Waals surface area contributed by atoms with Gasteiger partial charge in [-0.2, -0.15) is 0 Å². The van der Waals surface area contributed by atoms with Gasteiger partial charge in [-0.3, -0.25) is 4.98 Å². The lowest BCUT2D eigenvalue weighted by Crippen LogP contribution is -2.06. The highest BCUT2D eigenvalue weighted by molar-refractivity contribution is 8.00. The number of nitrogens with one attached hydrogen (secondary N) is 1. The fraction of sp³-hybridized carbons (Fsp3) is 0.200. The topological polar surface area (TPSA) is 37.8 Å². The number of hydrogen-bond donors (Lipinski definition) is 1. The fourth-order valence-electron chi connectivity index (χ4n) is 2.05. The molecule has 3 aromatic rings. The van der Waals surface area contributed by atoms with Crippen LogP contribution in [0.25, 0.3) is 10.2 Å². The van der Waals surface area contributed by atoms with Crippen molar-refractivity contribution in [2.75, 3.05) is 11.6 Å². The second-order valence-corrected chi connectivity index (χ2v) is 6.60. The summed E-state index contributed by atoms with van der Waals surface area (Å²) in [6.07, 6.45) is 5.75. The molecule has 0 aliphatic carbocycles. The molecule has 5 heteroatoms. The number of thioether (sulfide) groups is 1. The monoisotopic (exact) mass is 301 g/mol. The number of anilines is 1. The third kappa shape index (κ3) is 2.78. The zero-order valence-electron chi connectivity index (χ0n) is 11.3. The van der Waals surface area contributed by atoms with Gasteiger partial charge in [-0.15, -0.1) is 11.3 Å². The van der Waals surface area contributed by atoms with E-state index < -0.39 is 0 Å². The fourth-order valence-corrected chi connectivity index (χ4v) is 3.57. The van der Waals surface area contributed by atoms with Crippen LogP contribution in [-0.4, -0.2) is 16.2 Å². The molecule has 0 saturated carbocycles. The first-order valence-corrected chi connectivity index (χ1v) is 8.41. The Balaban J connectivity index is 1.83. The standard InChI is InChI=1S/C15H15N3S2/c1-10(11-4-3-7-16-9-11)17-12-5-6-13-14(8-12)20-15(18-13)19-2/h3-10,17H,1-2H3. The molecule has 1 unspecified atom stereocenters. The van der Waals surface area contributed by atoms with Crippen molar-refractivity contribution in [3.05, 3.63) is 48.3 Å². The number of pyridine rings is 1. The Bertz CT molecular complexity index is 709. The van der Waals surface area contributed by atoms with Crippen LogP contribution in [-0.2, 0) is 0 Å². The van der Waals surface area contributed by atoms with E-state index in [1.54, 1.807) is 29.3 Å². The molecule has 0 fully saturated rings. The van der Waals surface area contributed by atoms with Crippen LogP contribution in [0.1, 0.15) is 18.5 Å². The van der Waals surface area contributed by atoms with Crippen LogP contribution < -0.4 is 5.32 Å². The summed E-state index contributed by atoms with van der Waals surface area (Å²) in [5.74, 6) is 0. The Morgan fingerprint density at radius 3 is 2.95 bits per heavy atom. The molecule has 0 bridgehead atoms. The maximum Gasteiger partial charge on any atom is 0.150 e. The highest BCUT2D eigenvalue weighted by Gasteiger charge is 2.07. The first kappa shape index (κ1) is 13.4. The SMILES string of the molecule is CSc1nc2ccc(NC(C)c3cccnc3)cc2s1. The Morgan fingerprint density at radius 1 is 1.30 bits per heavy atom. The number of hydrogen-bond acceptors (Lipinski definition) is 5. The van der Waals surface area contributed by atoms with E-state index in [9.17, 15) is 0 Å². The van der Waals surface area contributed by atoms with Gasteiger partial charge >= 0.3 is 0 Å². The molecule has 0 radical (unpaired) electrons. The van der Waals surface area contributed by atoms with Crippen molar-refractivity contribution in [3.8, 4) is 0 Å². The number of rotatable bonds is 4. The van der Waals surface area contributed by atoms with Gasteiger partial charge in [0.1, 0.15) is 0 Å². The van der Waals surface area contributed by atoms with Gasteiger partial charge in [0, 0.05) is 18.1 Å². The molecule has 0 saturated heterocycles. The highest BCUT2D eigenvalue weighted by Crippen LogP contribution is 2.30. The molecule has 0 aliphatic rings. The summed E-state index contributed by atoms with van der Waals surface area (Å²) in [5.41, 5.74) is 3.37. The predicted octanol–water partition coefficient (Wildman–Crippen LogP) is 4.59. The molecule has 2 heterocycles. The van der Waals surface area contributed by atoms with Crippen LogP contribution in [0.4, 0.5) is 5.69 Å². The first-order valence-electron chi connectivity index (χ1n) is 6.37. The van der Waals surface area contributed by atoms with Crippen LogP contribution in [0.2, 0.25) is 0 Å².